The van der Waals surface area contributed by atoms with Gasteiger partial charge in [0.15, 0.2) is 0 Å². The van der Waals surface area contributed by atoms with E-state index in [4.69, 9.17) is 5.11 Å². The number of pyridine rings is 1. The zero-order valence-electron chi connectivity index (χ0n) is 15.3. The van der Waals surface area contributed by atoms with E-state index in [1.807, 2.05) is 13.0 Å². The molecule has 2 amide bonds. The highest BCUT2D eigenvalue weighted by atomic mass is 16.4. The summed E-state index contributed by atoms with van der Waals surface area (Å²) in [5.41, 5.74) is 2.10. The number of hydrogen-bond donors (Lipinski definition) is 2. The van der Waals surface area contributed by atoms with Crippen LogP contribution in [0.3, 0.4) is 0 Å². The molecule has 27 heavy (non-hydrogen) atoms. The van der Waals surface area contributed by atoms with Crippen LogP contribution in [-0.4, -0.2) is 45.9 Å². The van der Waals surface area contributed by atoms with Crippen LogP contribution >= 0.6 is 0 Å². The number of anilines is 1. The normalized spacial score (nSPS) is 13.5. The molecule has 0 spiro atoms. The van der Waals surface area contributed by atoms with Gasteiger partial charge in [-0.2, -0.15) is 0 Å². The van der Waals surface area contributed by atoms with Crippen LogP contribution in [0, 0.1) is 13.8 Å². The standard InChI is InChI=1S/C20H21N3O4/c1-12-6-5-7-15(17(12)19(25)23-10-3-4-11-23)22-18(24)16-9-8-14(20(26)27)13(2)21-16/h5-9H,3-4,10-11H2,1-2H3,(H,22,24)(H,26,27). The molecule has 7 nitrogen and oxygen atoms in total. The molecule has 0 saturated carbocycles. The minimum Gasteiger partial charge on any atom is -0.478 e. The van der Waals surface area contributed by atoms with Gasteiger partial charge in [-0.25, -0.2) is 9.78 Å². The SMILES string of the molecule is Cc1cccc(NC(=O)c2ccc(C(=O)O)c(C)n2)c1C(=O)N1CCCC1. The number of rotatable bonds is 4. The van der Waals surface area contributed by atoms with Crippen LogP contribution in [0.15, 0.2) is 30.3 Å². The molecule has 2 heterocycles. The number of aromatic nitrogens is 1. The van der Waals surface area contributed by atoms with Gasteiger partial charge in [0.2, 0.25) is 0 Å². The van der Waals surface area contributed by atoms with Crippen LogP contribution in [0.1, 0.15) is 55.3 Å². The second-order valence-corrected chi connectivity index (χ2v) is 6.59. The second kappa shape index (κ2) is 7.57. The lowest BCUT2D eigenvalue weighted by Crippen LogP contribution is -2.29. The van der Waals surface area contributed by atoms with Crippen LogP contribution < -0.4 is 5.32 Å². The van der Waals surface area contributed by atoms with Crippen LogP contribution in [-0.2, 0) is 0 Å². The molecule has 1 fully saturated rings. The molecule has 0 radical (unpaired) electrons. The largest absolute Gasteiger partial charge is 0.478 e. The van der Waals surface area contributed by atoms with E-state index in [1.165, 1.54) is 19.1 Å². The number of hydrogen-bond acceptors (Lipinski definition) is 4. The monoisotopic (exact) mass is 367 g/mol. The van der Waals surface area contributed by atoms with Crippen molar-refractivity contribution < 1.29 is 19.5 Å². The first kappa shape index (κ1) is 18.6. The summed E-state index contributed by atoms with van der Waals surface area (Å²) in [5, 5.41) is 11.8. The molecule has 2 aromatic rings. The van der Waals surface area contributed by atoms with E-state index < -0.39 is 11.9 Å². The fourth-order valence-corrected chi connectivity index (χ4v) is 3.23. The molecule has 0 bridgehead atoms. The predicted octanol–water partition coefficient (Wildman–Crippen LogP) is 2.88. The summed E-state index contributed by atoms with van der Waals surface area (Å²) < 4.78 is 0. The summed E-state index contributed by atoms with van der Waals surface area (Å²) in [4.78, 5) is 42.4. The Balaban J connectivity index is 1.88. The minimum absolute atomic E-state index is 0.0482. The molecule has 1 aliphatic heterocycles. The number of carboxylic acids is 1. The third-order valence-electron chi connectivity index (χ3n) is 4.68. The Morgan fingerprint density at radius 1 is 1.07 bits per heavy atom. The fourth-order valence-electron chi connectivity index (χ4n) is 3.23. The van der Waals surface area contributed by atoms with Crippen molar-refractivity contribution in [2.45, 2.75) is 26.7 Å². The zero-order valence-corrected chi connectivity index (χ0v) is 15.3. The van der Waals surface area contributed by atoms with Crippen molar-refractivity contribution in [2.75, 3.05) is 18.4 Å². The molecule has 1 aromatic carbocycles. The summed E-state index contributed by atoms with van der Waals surface area (Å²) >= 11 is 0. The summed E-state index contributed by atoms with van der Waals surface area (Å²) in [6.07, 6.45) is 1.97. The van der Waals surface area contributed by atoms with Crippen LogP contribution in [0.25, 0.3) is 0 Å². The second-order valence-electron chi connectivity index (χ2n) is 6.59. The Morgan fingerprint density at radius 3 is 2.41 bits per heavy atom. The number of carbonyl (C=O) groups excluding carboxylic acids is 2. The molecule has 0 atom stereocenters. The highest BCUT2D eigenvalue weighted by Gasteiger charge is 2.24. The van der Waals surface area contributed by atoms with Crippen LogP contribution in [0.4, 0.5) is 5.69 Å². The first-order chi connectivity index (χ1) is 12.9. The maximum absolute atomic E-state index is 12.9. The molecular weight excluding hydrogens is 346 g/mol. The lowest BCUT2D eigenvalue weighted by molar-refractivity contribution is 0.0694. The third-order valence-corrected chi connectivity index (χ3v) is 4.68. The number of likely N-dealkylation sites (tertiary alicyclic amines) is 1. The summed E-state index contributed by atoms with van der Waals surface area (Å²) in [7, 11) is 0. The van der Waals surface area contributed by atoms with Gasteiger partial charge in [-0.05, 0) is 50.5 Å². The molecule has 2 N–H and O–H groups in total. The number of nitrogens with zero attached hydrogens (tertiary/aromatic N) is 2. The van der Waals surface area contributed by atoms with Gasteiger partial charge in [0.25, 0.3) is 11.8 Å². The van der Waals surface area contributed by atoms with Crippen molar-refractivity contribution in [2.24, 2.45) is 0 Å². The lowest BCUT2D eigenvalue weighted by Gasteiger charge is -2.19. The molecule has 1 aliphatic rings. The summed E-state index contributed by atoms with van der Waals surface area (Å²) in [6.45, 7) is 4.81. The molecule has 0 aliphatic carbocycles. The van der Waals surface area contributed by atoms with Crippen molar-refractivity contribution in [3.63, 3.8) is 0 Å². The van der Waals surface area contributed by atoms with E-state index in [-0.39, 0.29) is 22.9 Å². The van der Waals surface area contributed by atoms with E-state index in [0.29, 0.717) is 11.3 Å². The number of aryl methyl sites for hydroxylation is 2. The molecule has 1 saturated heterocycles. The summed E-state index contributed by atoms with van der Waals surface area (Å²) in [5.74, 6) is -1.67. The van der Waals surface area contributed by atoms with Crippen molar-refractivity contribution in [1.82, 2.24) is 9.88 Å². The van der Waals surface area contributed by atoms with E-state index in [2.05, 4.69) is 10.3 Å². The van der Waals surface area contributed by atoms with Crippen LogP contribution in [0.5, 0.6) is 0 Å². The fraction of sp³-hybridized carbons (Fsp3) is 0.300. The van der Waals surface area contributed by atoms with Gasteiger partial charge in [-0.3, -0.25) is 9.59 Å². The Labute approximate surface area is 157 Å². The molecule has 3 rings (SSSR count). The first-order valence-electron chi connectivity index (χ1n) is 8.79. The van der Waals surface area contributed by atoms with E-state index in [0.717, 1.165) is 31.5 Å². The van der Waals surface area contributed by atoms with Gasteiger partial charge >= 0.3 is 5.97 Å². The van der Waals surface area contributed by atoms with Gasteiger partial charge in [0, 0.05) is 13.1 Å². The Bertz CT molecular complexity index is 917. The van der Waals surface area contributed by atoms with Gasteiger partial charge in [0.05, 0.1) is 22.5 Å². The highest BCUT2D eigenvalue weighted by molar-refractivity contribution is 6.09. The van der Waals surface area contributed by atoms with E-state index in [9.17, 15) is 14.4 Å². The van der Waals surface area contributed by atoms with Crippen LogP contribution in [0.2, 0.25) is 0 Å². The Hall–Kier alpha value is -3.22. The van der Waals surface area contributed by atoms with Gasteiger partial charge in [0.1, 0.15) is 5.69 Å². The number of carboxylic acid groups (broad SMARTS) is 1. The number of aromatic carboxylic acids is 1. The molecule has 7 heteroatoms. The average molecular weight is 367 g/mol. The minimum atomic E-state index is -1.09. The Morgan fingerprint density at radius 2 is 1.78 bits per heavy atom. The molecular formula is C20H21N3O4. The predicted molar refractivity (Wildman–Crippen MR) is 100 cm³/mol. The van der Waals surface area contributed by atoms with Gasteiger partial charge in [-0.15, -0.1) is 0 Å². The Kier molecular flexibility index (Phi) is 5.21. The van der Waals surface area contributed by atoms with Crippen molar-refractivity contribution >= 4 is 23.5 Å². The maximum atomic E-state index is 12.9. The number of amides is 2. The molecule has 0 unspecified atom stereocenters. The van der Waals surface area contributed by atoms with Crippen molar-refractivity contribution in [3.8, 4) is 0 Å². The van der Waals surface area contributed by atoms with E-state index in [1.54, 1.807) is 17.0 Å². The number of carbonyl (C=O) groups is 3. The third kappa shape index (κ3) is 3.81. The zero-order chi connectivity index (χ0) is 19.6. The molecule has 1 aromatic heterocycles. The van der Waals surface area contributed by atoms with Gasteiger partial charge < -0.3 is 15.3 Å². The topological polar surface area (TPSA) is 99.6 Å². The van der Waals surface area contributed by atoms with Crippen molar-refractivity contribution in [3.05, 3.63) is 58.4 Å². The van der Waals surface area contributed by atoms with Crippen molar-refractivity contribution in [1.29, 1.82) is 0 Å². The smallest absolute Gasteiger partial charge is 0.337 e. The number of benzene rings is 1. The van der Waals surface area contributed by atoms with E-state index >= 15 is 0 Å². The molecule has 140 valence electrons. The highest BCUT2D eigenvalue weighted by Crippen LogP contribution is 2.24. The van der Waals surface area contributed by atoms with Gasteiger partial charge in [-0.1, -0.05) is 12.1 Å². The lowest BCUT2D eigenvalue weighted by atomic mass is 10.0. The summed E-state index contributed by atoms with van der Waals surface area (Å²) in [6, 6.07) is 8.02. The number of nitrogens with one attached hydrogen (secondary N) is 1. The maximum Gasteiger partial charge on any atom is 0.337 e. The average Bonchev–Trinajstić information content (AvgIpc) is 3.15. The quantitative estimate of drug-likeness (QED) is 0.866. The first-order valence-corrected chi connectivity index (χ1v) is 8.79.